The molecule has 0 radical (unpaired) electrons. The molecule has 0 amide bonds. The predicted octanol–water partition coefficient (Wildman–Crippen LogP) is 2.88. The molecule has 0 N–H and O–H groups in total. The van der Waals surface area contributed by atoms with E-state index in [-0.39, 0.29) is 12.5 Å². The minimum atomic E-state index is -4.37. The van der Waals surface area contributed by atoms with Crippen LogP contribution in [-0.2, 0) is 28.6 Å². The minimum absolute atomic E-state index is 0.108. The highest BCUT2D eigenvalue weighted by Gasteiger charge is 2.53. The Morgan fingerprint density at radius 2 is 1.58 bits per heavy atom. The average molecular weight is 376 g/mol. The van der Waals surface area contributed by atoms with Gasteiger partial charge in [-0.3, -0.25) is 4.79 Å². The molecule has 2 rings (SSSR count). The third-order valence-electron chi connectivity index (χ3n) is 5.43. The number of hydrogen-bond donors (Lipinski definition) is 0. The van der Waals surface area contributed by atoms with E-state index in [2.05, 4.69) is 4.74 Å². The van der Waals surface area contributed by atoms with Gasteiger partial charge in [-0.25, -0.2) is 9.59 Å². The van der Waals surface area contributed by atoms with Crippen LogP contribution in [0.5, 0.6) is 0 Å². The Kier molecular flexibility index (Phi) is 6.24. The summed E-state index contributed by atoms with van der Waals surface area (Å²) in [7, 11) is 0. The molecule has 0 aromatic carbocycles. The number of carbonyl (C=O) groups excluding carboxylic acids is 3. The fourth-order valence-electron chi connectivity index (χ4n) is 3.32. The summed E-state index contributed by atoms with van der Waals surface area (Å²) in [6, 6.07) is 0. The molecule has 2 fully saturated rings. The van der Waals surface area contributed by atoms with Crippen LogP contribution in [0.3, 0.4) is 0 Å². The van der Waals surface area contributed by atoms with Gasteiger partial charge < -0.3 is 14.2 Å². The SMILES string of the molecule is CCC(C)(C)C(=O)OCCOC(=O)C(F)(F)C(=O)OC1CC2CCC1C2. The van der Waals surface area contributed by atoms with Crippen molar-refractivity contribution in [3.8, 4) is 0 Å². The van der Waals surface area contributed by atoms with Crippen molar-refractivity contribution in [3.63, 3.8) is 0 Å². The second-order valence-electron chi connectivity index (χ2n) is 7.70. The van der Waals surface area contributed by atoms with Gasteiger partial charge in [0.15, 0.2) is 0 Å². The Bertz CT molecular complexity index is 560. The number of fused-ring (bicyclic) bond motifs is 2. The van der Waals surface area contributed by atoms with Gasteiger partial charge in [-0.05, 0) is 57.8 Å². The molecule has 2 bridgehead atoms. The molecule has 2 aliphatic rings. The third kappa shape index (κ3) is 4.51. The summed E-state index contributed by atoms with van der Waals surface area (Å²) in [5, 5.41) is 0. The molecule has 6 nitrogen and oxygen atoms in total. The molecule has 0 heterocycles. The van der Waals surface area contributed by atoms with Crippen LogP contribution in [0.4, 0.5) is 8.78 Å². The fourth-order valence-corrected chi connectivity index (χ4v) is 3.32. The molecule has 0 aromatic rings. The molecule has 2 aliphatic carbocycles. The molecular formula is C18H26F2O6. The maximum Gasteiger partial charge on any atom is 0.437 e. The molecule has 26 heavy (non-hydrogen) atoms. The standard InChI is InChI=1S/C18H26F2O6/c1-4-17(2,3)14(21)24-7-8-25-15(22)18(19,20)16(23)26-13-10-11-5-6-12(13)9-11/h11-13H,4-10H2,1-3H3. The number of esters is 3. The summed E-state index contributed by atoms with van der Waals surface area (Å²) in [5.41, 5.74) is -0.710. The van der Waals surface area contributed by atoms with Crippen molar-refractivity contribution in [3.05, 3.63) is 0 Å². The topological polar surface area (TPSA) is 78.9 Å². The van der Waals surface area contributed by atoms with E-state index in [1.165, 1.54) is 0 Å². The maximum atomic E-state index is 13.9. The summed E-state index contributed by atoms with van der Waals surface area (Å²) in [4.78, 5) is 34.9. The molecule has 0 saturated heterocycles. The number of carbonyl (C=O) groups is 3. The first kappa shape index (κ1) is 20.6. The summed E-state index contributed by atoms with van der Waals surface area (Å²) in [5.74, 6) is -8.22. The molecule has 0 aliphatic heterocycles. The van der Waals surface area contributed by atoms with E-state index >= 15 is 0 Å². The first-order chi connectivity index (χ1) is 12.1. The summed E-state index contributed by atoms with van der Waals surface area (Å²) < 4.78 is 41.9. The van der Waals surface area contributed by atoms with Crippen molar-refractivity contribution >= 4 is 17.9 Å². The van der Waals surface area contributed by atoms with Crippen LogP contribution in [0.25, 0.3) is 0 Å². The lowest BCUT2D eigenvalue weighted by Crippen LogP contribution is -2.43. The minimum Gasteiger partial charge on any atom is -0.462 e. The van der Waals surface area contributed by atoms with E-state index in [4.69, 9.17) is 9.47 Å². The summed E-state index contributed by atoms with van der Waals surface area (Å²) in [6.07, 6.45) is 3.34. The van der Waals surface area contributed by atoms with Crippen molar-refractivity contribution in [1.82, 2.24) is 0 Å². The van der Waals surface area contributed by atoms with E-state index in [0.29, 0.717) is 18.8 Å². The number of hydrogen-bond acceptors (Lipinski definition) is 6. The smallest absolute Gasteiger partial charge is 0.437 e. The average Bonchev–Trinajstić information content (AvgIpc) is 3.20. The first-order valence-corrected chi connectivity index (χ1v) is 9.01. The van der Waals surface area contributed by atoms with Crippen molar-refractivity contribution in [1.29, 1.82) is 0 Å². The highest BCUT2D eigenvalue weighted by molar-refractivity contribution is 6.01. The van der Waals surface area contributed by atoms with Crippen molar-refractivity contribution < 1.29 is 37.4 Å². The van der Waals surface area contributed by atoms with Crippen LogP contribution in [0.1, 0.15) is 52.9 Å². The highest BCUT2D eigenvalue weighted by atomic mass is 19.3. The van der Waals surface area contributed by atoms with E-state index in [1.54, 1.807) is 13.8 Å². The molecule has 0 aromatic heterocycles. The lowest BCUT2D eigenvalue weighted by atomic mass is 9.91. The fraction of sp³-hybridized carbons (Fsp3) is 0.833. The van der Waals surface area contributed by atoms with Gasteiger partial charge in [-0.15, -0.1) is 0 Å². The number of halogens is 2. The first-order valence-electron chi connectivity index (χ1n) is 9.01. The molecule has 3 unspecified atom stereocenters. The number of alkyl halides is 2. The Morgan fingerprint density at radius 1 is 0.962 bits per heavy atom. The lowest BCUT2D eigenvalue weighted by molar-refractivity contribution is -0.196. The molecular weight excluding hydrogens is 350 g/mol. The van der Waals surface area contributed by atoms with Gasteiger partial charge in [0.2, 0.25) is 0 Å². The second kappa shape index (κ2) is 7.88. The van der Waals surface area contributed by atoms with Crippen molar-refractivity contribution in [2.45, 2.75) is 64.9 Å². The van der Waals surface area contributed by atoms with Crippen LogP contribution in [0, 0.1) is 17.3 Å². The molecule has 0 spiro atoms. The Hall–Kier alpha value is -1.73. The monoisotopic (exact) mass is 376 g/mol. The van der Waals surface area contributed by atoms with Crippen LogP contribution in [0.15, 0.2) is 0 Å². The van der Waals surface area contributed by atoms with Crippen LogP contribution < -0.4 is 0 Å². The van der Waals surface area contributed by atoms with Gasteiger partial charge >= 0.3 is 23.8 Å². The predicted molar refractivity (Wildman–Crippen MR) is 86.3 cm³/mol. The zero-order chi connectivity index (χ0) is 19.5. The number of rotatable bonds is 8. The van der Waals surface area contributed by atoms with E-state index < -0.39 is 42.0 Å². The van der Waals surface area contributed by atoms with Gasteiger partial charge in [0.1, 0.15) is 19.3 Å². The lowest BCUT2D eigenvalue weighted by Gasteiger charge is -2.24. The maximum absolute atomic E-state index is 13.9. The van der Waals surface area contributed by atoms with E-state index in [1.807, 2.05) is 6.92 Å². The quantitative estimate of drug-likeness (QED) is 0.281. The van der Waals surface area contributed by atoms with Gasteiger partial charge in [-0.1, -0.05) is 6.92 Å². The molecule has 8 heteroatoms. The van der Waals surface area contributed by atoms with Crippen molar-refractivity contribution in [2.75, 3.05) is 13.2 Å². The van der Waals surface area contributed by atoms with E-state index in [9.17, 15) is 23.2 Å². The van der Waals surface area contributed by atoms with Crippen LogP contribution >= 0.6 is 0 Å². The van der Waals surface area contributed by atoms with Gasteiger partial charge in [0, 0.05) is 0 Å². The second-order valence-corrected chi connectivity index (χ2v) is 7.70. The summed E-state index contributed by atoms with van der Waals surface area (Å²) in [6.45, 7) is 4.26. The Labute approximate surface area is 151 Å². The zero-order valence-corrected chi connectivity index (χ0v) is 15.4. The zero-order valence-electron chi connectivity index (χ0n) is 15.4. The Balaban J connectivity index is 1.74. The van der Waals surface area contributed by atoms with E-state index in [0.717, 1.165) is 19.3 Å². The highest BCUT2D eigenvalue weighted by Crippen LogP contribution is 2.46. The molecule has 148 valence electrons. The van der Waals surface area contributed by atoms with Crippen LogP contribution in [-0.4, -0.2) is 43.1 Å². The molecule has 3 atom stereocenters. The van der Waals surface area contributed by atoms with Gasteiger partial charge in [0.25, 0.3) is 0 Å². The number of ether oxygens (including phenoxy) is 3. The third-order valence-corrected chi connectivity index (χ3v) is 5.43. The Morgan fingerprint density at radius 3 is 2.08 bits per heavy atom. The van der Waals surface area contributed by atoms with Gasteiger partial charge in [-0.2, -0.15) is 8.78 Å². The summed E-state index contributed by atoms with van der Waals surface area (Å²) >= 11 is 0. The van der Waals surface area contributed by atoms with Gasteiger partial charge in [0.05, 0.1) is 5.41 Å². The van der Waals surface area contributed by atoms with Crippen LogP contribution in [0.2, 0.25) is 0 Å². The largest absolute Gasteiger partial charge is 0.462 e. The molecule has 2 saturated carbocycles. The normalized spacial score (nSPS) is 25.0. The van der Waals surface area contributed by atoms with Crippen molar-refractivity contribution in [2.24, 2.45) is 17.3 Å².